The number of rotatable bonds is 10. The van der Waals surface area contributed by atoms with Crippen LogP contribution in [0.15, 0.2) is 29.3 Å². The summed E-state index contributed by atoms with van der Waals surface area (Å²) in [6.45, 7) is 5.12. The SMILES string of the molecule is CCOCCCCNC(=NC)NCc1cccc(NC(=O)C2CCC2)c1.I. The number of halogens is 1. The van der Waals surface area contributed by atoms with E-state index in [1.54, 1.807) is 7.05 Å². The molecule has 0 aliphatic heterocycles. The molecule has 2 rings (SSSR count). The van der Waals surface area contributed by atoms with Gasteiger partial charge in [-0.2, -0.15) is 0 Å². The zero-order valence-corrected chi connectivity index (χ0v) is 18.8. The molecule has 0 atom stereocenters. The highest BCUT2D eigenvalue weighted by molar-refractivity contribution is 14.0. The molecule has 6 nitrogen and oxygen atoms in total. The number of aliphatic imine (C=N–C) groups is 1. The fourth-order valence-corrected chi connectivity index (χ4v) is 2.76. The zero-order chi connectivity index (χ0) is 18.6. The minimum atomic E-state index is 0. The number of hydrogen-bond acceptors (Lipinski definition) is 3. The molecule has 27 heavy (non-hydrogen) atoms. The van der Waals surface area contributed by atoms with Gasteiger partial charge in [-0.15, -0.1) is 24.0 Å². The molecule has 1 aliphatic carbocycles. The van der Waals surface area contributed by atoms with Crippen molar-refractivity contribution in [3.63, 3.8) is 0 Å². The largest absolute Gasteiger partial charge is 0.382 e. The van der Waals surface area contributed by atoms with E-state index in [0.29, 0.717) is 6.54 Å². The first kappa shape index (κ1) is 23.7. The number of guanidine groups is 1. The maximum atomic E-state index is 12.1. The molecule has 0 bridgehead atoms. The van der Waals surface area contributed by atoms with Crippen LogP contribution in [0.4, 0.5) is 5.69 Å². The van der Waals surface area contributed by atoms with Gasteiger partial charge in [-0.05, 0) is 50.3 Å². The number of anilines is 1. The van der Waals surface area contributed by atoms with E-state index in [1.165, 1.54) is 6.42 Å². The number of unbranched alkanes of at least 4 members (excludes halogenated alkanes) is 1. The van der Waals surface area contributed by atoms with Crippen molar-refractivity contribution in [2.24, 2.45) is 10.9 Å². The third kappa shape index (κ3) is 8.92. The predicted octanol–water partition coefficient (Wildman–Crippen LogP) is 3.52. The van der Waals surface area contributed by atoms with E-state index in [0.717, 1.165) is 62.7 Å². The second-order valence-corrected chi connectivity index (χ2v) is 6.57. The Hall–Kier alpha value is -1.35. The number of carbonyl (C=O) groups is 1. The van der Waals surface area contributed by atoms with Gasteiger partial charge in [-0.1, -0.05) is 18.6 Å². The van der Waals surface area contributed by atoms with E-state index < -0.39 is 0 Å². The molecule has 0 aromatic heterocycles. The minimum Gasteiger partial charge on any atom is -0.382 e. The molecular formula is C20H33IN4O2. The Balaban J connectivity index is 0.00000364. The van der Waals surface area contributed by atoms with Crippen LogP contribution in [0.25, 0.3) is 0 Å². The molecule has 3 N–H and O–H groups in total. The van der Waals surface area contributed by atoms with Crippen molar-refractivity contribution in [1.29, 1.82) is 0 Å². The van der Waals surface area contributed by atoms with Gasteiger partial charge in [0.15, 0.2) is 5.96 Å². The molecule has 7 heteroatoms. The first-order valence-corrected chi connectivity index (χ1v) is 9.65. The minimum absolute atomic E-state index is 0. The third-order valence-electron chi connectivity index (χ3n) is 4.57. The number of ether oxygens (including phenoxy) is 1. The Kier molecular flexibility index (Phi) is 12.1. The van der Waals surface area contributed by atoms with Crippen LogP contribution in [0, 0.1) is 5.92 Å². The lowest BCUT2D eigenvalue weighted by Gasteiger charge is -2.24. The quantitative estimate of drug-likeness (QED) is 0.204. The van der Waals surface area contributed by atoms with Crippen molar-refractivity contribution in [1.82, 2.24) is 10.6 Å². The fraction of sp³-hybridized carbons (Fsp3) is 0.600. The van der Waals surface area contributed by atoms with Crippen molar-refractivity contribution < 1.29 is 9.53 Å². The summed E-state index contributed by atoms with van der Waals surface area (Å²) in [6.07, 6.45) is 5.28. The predicted molar refractivity (Wildman–Crippen MR) is 122 cm³/mol. The molecule has 1 amide bonds. The Morgan fingerprint density at radius 3 is 2.74 bits per heavy atom. The highest BCUT2D eigenvalue weighted by Gasteiger charge is 2.25. The van der Waals surface area contributed by atoms with E-state index in [2.05, 4.69) is 20.9 Å². The van der Waals surface area contributed by atoms with Gasteiger partial charge in [-0.3, -0.25) is 9.79 Å². The summed E-state index contributed by atoms with van der Waals surface area (Å²) in [5.41, 5.74) is 1.97. The second kappa shape index (κ2) is 13.8. The summed E-state index contributed by atoms with van der Waals surface area (Å²) < 4.78 is 5.33. The van der Waals surface area contributed by atoms with Gasteiger partial charge in [0.2, 0.25) is 5.91 Å². The Morgan fingerprint density at radius 2 is 2.07 bits per heavy atom. The van der Waals surface area contributed by atoms with Crippen molar-refractivity contribution in [2.75, 3.05) is 32.1 Å². The van der Waals surface area contributed by atoms with Crippen LogP contribution in [0.2, 0.25) is 0 Å². The summed E-state index contributed by atoms with van der Waals surface area (Å²) in [6, 6.07) is 7.96. The highest BCUT2D eigenvalue weighted by atomic mass is 127. The molecule has 0 spiro atoms. The van der Waals surface area contributed by atoms with Gasteiger partial charge >= 0.3 is 0 Å². The highest BCUT2D eigenvalue weighted by Crippen LogP contribution is 2.27. The number of nitrogens with one attached hydrogen (secondary N) is 3. The lowest BCUT2D eigenvalue weighted by Crippen LogP contribution is -2.37. The number of hydrogen-bond donors (Lipinski definition) is 3. The first-order chi connectivity index (χ1) is 12.7. The third-order valence-corrected chi connectivity index (χ3v) is 4.57. The van der Waals surface area contributed by atoms with E-state index in [-0.39, 0.29) is 35.8 Å². The number of amides is 1. The van der Waals surface area contributed by atoms with Gasteiger partial charge < -0.3 is 20.7 Å². The van der Waals surface area contributed by atoms with Crippen molar-refractivity contribution in [3.8, 4) is 0 Å². The van der Waals surface area contributed by atoms with Gasteiger partial charge in [0.05, 0.1) is 0 Å². The van der Waals surface area contributed by atoms with Crippen molar-refractivity contribution >= 4 is 41.5 Å². The summed E-state index contributed by atoms with van der Waals surface area (Å²) in [5.74, 6) is 1.12. The van der Waals surface area contributed by atoms with Gasteiger partial charge in [0.1, 0.15) is 0 Å². The van der Waals surface area contributed by atoms with E-state index in [4.69, 9.17) is 4.74 Å². The monoisotopic (exact) mass is 488 g/mol. The van der Waals surface area contributed by atoms with Gasteiger partial charge in [0, 0.05) is 45.0 Å². The Bertz CT molecular complexity index is 591. The van der Waals surface area contributed by atoms with Gasteiger partial charge in [0.25, 0.3) is 0 Å². The molecule has 0 heterocycles. The van der Waals surface area contributed by atoms with Crippen LogP contribution >= 0.6 is 24.0 Å². The van der Waals surface area contributed by atoms with Crippen LogP contribution < -0.4 is 16.0 Å². The Morgan fingerprint density at radius 1 is 1.26 bits per heavy atom. The zero-order valence-electron chi connectivity index (χ0n) is 16.4. The van der Waals surface area contributed by atoms with Crippen LogP contribution in [0.1, 0.15) is 44.6 Å². The standard InChI is InChI=1S/C20H32N4O2.HI/c1-3-26-13-5-4-12-22-20(21-2)23-15-16-8-6-11-18(14-16)24-19(25)17-9-7-10-17;/h6,8,11,14,17H,3-5,7,9-10,12-13,15H2,1-2H3,(H,24,25)(H2,21,22,23);1H. The molecule has 1 fully saturated rings. The van der Waals surface area contributed by atoms with E-state index in [1.807, 2.05) is 31.2 Å². The number of nitrogens with zero attached hydrogens (tertiary/aromatic N) is 1. The number of carbonyl (C=O) groups excluding carboxylic acids is 1. The summed E-state index contributed by atoms with van der Waals surface area (Å²) in [7, 11) is 1.77. The maximum Gasteiger partial charge on any atom is 0.227 e. The fourth-order valence-electron chi connectivity index (χ4n) is 2.76. The van der Waals surface area contributed by atoms with Crippen LogP contribution in [0.3, 0.4) is 0 Å². The summed E-state index contributed by atoms with van der Waals surface area (Å²) in [4.78, 5) is 16.3. The topological polar surface area (TPSA) is 74.8 Å². The second-order valence-electron chi connectivity index (χ2n) is 6.57. The summed E-state index contributed by atoms with van der Waals surface area (Å²) in [5, 5.41) is 9.64. The Labute approximate surface area is 179 Å². The smallest absolute Gasteiger partial charge is 0.227 e. The number of benzene rings is 1. The molecule has 1 aliphatic rings. The molecule has 152 valence electrons. The molecule has 1 aromatic carbocycles. The molecule has 0 radical (unpaired) electrons. The molecule has 0 saturated heterocycles. The van der Waals surface area contributed by atoms with Crippen LogP contribution in [-0.4, -0.2) is 38.7 Å². The average molecular weight is 488 g/mol. The van der Waals surface area contributed by atoms with E-state index in [9.17, 15) is 4.79 Å². The lowest BCUT2D eigenvalue weighted by atomic mass is 9.85. The molecule has 0 unspecified atom stereocenters. The van der Waals surface area contributed by atoms with Crippen LogP contribution in [0.5, 0.6) is 0 Å². The summed E-state index contributed by atoms with van der Waals surface area (Å²) >= 11 is 0. The molecule has 1 aromatic rings. The van der Waals surface area contributed by atoms with Crippen LogP contribution in [-0.2, 0) is 16.1 Å². The lowest BCUT2D eigenvalue weighted by molar-refractivity contribution is -0.122. The normalized spacial score (nSPS) is 14.1. The average Bonchev–Trinajstić information content (AvgIpc) is 2.59. The first-order valence-electron chi connectivity index (χ1n) is 9.65. The van der Waals surface area contributed by atoms with Gasteiger partial charge in [-0.25, -0.2) is 0 Å². The molecular weight excluding hydrogens is 455 g/mol. The molecule has 1 saturated carbocycles. The van der Waals surface area contributed by atoms with Crippen molar-refractivity contribution in [3.05, 3.63) is 29.8 Å². The van der Waals surface area contributed by atoms with E-state index >= 15 is 0 Å². The maximum absolute atomic E-state index is 12.1. The van der Waals surface area contributed by atoms with Crippen molar-refractivity contribution in [2.45, 2.75) is 45.6 Å².